The van der Waals surface area contributed by atoms with Gasteiger partial charge in [0.25, 0.3) is 0 Å². The van der Waals surface area contributed by atoms with Crippen molar-refractivity contribution < 1.29 is 9.90 Å². The lowest BCUT2D eigenvalue weighted by Gasteiger charge is -2.35. The van der Waals surface area contributed by atoms with Crippen molar-refractivity contribution in [1.29, 1.82) is 0 Å². The Labute approximate surface area is 121 Å². The standard InChI is InChI=1S/C15H17N3O3/c1-8(19)9-7-12(20)16-13-10(9)6-11-14(15(13)21)18(3)5-4-17(11)2/h6-7,21H,4-5H2,1-3H3,(H,16,20). The third-order valence-corrected chi connectivity index (χ3v) is 4.01. The van der Waals surface area contributed by atoms with Gasteiger partial charge in [-0.1, -0.05) is 0 Å². The lowest BCUT2D eigenvalue weighted by atomic mass is 10.0. The molecule has 2 heterocycles. The van der Waals surface area contributed by atoms with Crippen LogP contribution < -0.4 is 15.4 Å². The summed E-state index contributed by atoms with van der Waals surface area (Å²) in [6.07, 6.45) is 0. The summed E-state index contributed by atoms with van der Waals surface area (Å²) in [5.41, 5.74) is 1.77. The number of aromatic hydroxyl groups is 1. The lowest BCUT2D eigenvalue weighted by molar-refractivity contribution is 0.101. The zero-order chi connectivity index (χ0) is 15.3. The lowest BCUT2D eigenvalue weighted by Crippen LogP contribution is -2.36. The fourth-order valence-corrected chi connectivity index (χ4v) is 2.84. The zero-order valence-electron chi connectivity index (χ0n) is 12.2. The van der Waals surface area contributed by atoms with Crippen LogP contribution in [0.25, 0.3) is 10.9 Å². The Balaban J connectivity index is 2.47. The number of pyridine rings is 1. The van der Waals surface area contributed by atoms with Crippen molar-refractivity contribution in [3.63, 3.8) is 0 Å². The Bertz CT molecular complexity index is 810. The predicted octanol–water partition coefficient (Wildman–Crippen LogP) is 1.32. The normalized spacial score (nSPS) is 14.4. The van der Waals surface area contributed by atoms with Gasteiger partial charge in [0.2, 0.25) is 5.56 Å². The number of ketones is 1. The van der Waals surface area contributed by atoms with E-state index in [2.05, 4.69) is 4.98 Å². The molecule has 110 valence electrons. The average molecular weight is 287 g/mol. The smallest absolute Gasteiger partial charge is 0.249 e. The number of hydrogen-bond donors (Lipinski definition) is 2. The summed E-state index contributed by atoms with van der Waals surface area (Å²) in [5.74, 6) is -0.186. The maximum Gasteiger partial charge on any atom is 0.249 e. The number of nitrogens with one attached hydrogen (secondary N) is 1. The van der Waals surface area contributed by atoms with Crippen molar-refractivity contribution in [3.8, 4) is 5.75 Å². The van der Waals surface area contributed by atoms with Gasteiger partial charge in [0.05, 0.1) is 11.2 Å². The Kier molecular flexibility index (Phi) is 2.90. The maximum absolute atomic E-state index is 11.8. The summed E-state index contributed by atoms with van der Waals surface area (Å²) in [7, 11) is 3.83. The number of likely N-dealkylation sites (N-methyl/N-ethyl adjacent to an activating group) is 2. The fraction of sp³-hybridized carbons (Fsp3) is 0.333. The summed E-state index contributed by atoms with van der Waals surface area (Å²) in [6, 6.07) is 3.13. The highest BCUT2D eigenvalue weighted by atomic mass is 16.3. The number of nitrogens with zero attached hydrogens (tertiary/aromatic N) is 2. The van der Waals surface area contributed by atoms with E-state index >= 15 is 0 Å². The molecule has 1 aliphatic heterocycles. The van der Waals surface area contributed by atoms with Gasteiger partial charge in [-0.15, -0.1) is 0 Å². The molecule has 2 aromatic rings. The molecule has 0 radical (unpaired) electrons. The van der Waals surface area contributed by atoms with Gasteiger partial charge in [0.1, 0.15) is 5.69 Å². The maximum atomic E-state index is 11.8. The molecule has 3 rings (SSSR count). The Morgan fingerprint density at radius 3 is 2.57 bits per heavy atom. The molecule has 1 aromatic heterocycles. The van der Waals surface area contributed by atoms with Crippen LogP contribution in [-0.2, 0) is 0 Å². The molecule has 0 aliphatic carbocycles. The summed E-state index contributed by atoms with van der Waals surface area (Å²) in [5, 5.41) is 11.1. The number of fused-ring (bicyclic) bond motifs is 2. The molecule has 1 aliphatic rings. The second-order valence-corrected chi connectivity index (χ2v) is 5.46. The second kappa shape index (κ2) is 4.51. The first-order valence-corrected chi connectivity index (χ1v) is 6.76. The largest absolute Gasteiger partial charge is 0.504 e. The van der Waals surface area contributed by atoms with E-state index in [9.17, 15) is 14.7 Å². The molecule has 21 heavy (non-hydrogen) atoms. The number of aromatic nitrogens is 1. The van der Waals surface area contributed by atoms with Gasteiger partial charge in [-0.2, -0.15) is 0 Å². The van der Waals surface area contributed by atoms with Gasteiger partial charge < -0.3 is 19.9 Å². The third-order valence-electron chi connectivity index (χ3n) is 4.01. The minimum atomic E-state index is -0.394. The molecule has 0 unspecified atom stereocenters. The molecule has 0 saturated carbocycles. The number of phenols is 1. The van der Waals surface area contributed by atoms with Crippen LogP contribution in [0.5, 0.6) is 5.75 Å². The van der Waals surface area contributed by atoms with E-state index in [-0.39, 0.29) is 11.5 Å². The summed E-state index contributed by atoms with van der Waals surface area (Å²) < 4.78 is 0. The van der Waals surface area contributed by atoms with E-state index in [4.69, 9.17) is 0 Å². The minimum Gasteiger partial charge on any atom is -0.504 e. The topological polar surface area (TPSA) is 76.6 Å². The van der Waals surface area contributed by atoms with Gasteiger partial charge in [0, 0.05) is 44.2 Å². The molecule has 6 heteroatoms. The second-order valence-electron chi connectivity index (χ2n) is 5.46. The SMILES string of the molecule is CC(=O)c1cc(=O)[nH]c2c(O)c3c(cc12)N(C)CCN3C. The first-order chi connectivity index (χ1) is 9.90. The zero-order valence-corrected chi connectivity index (χ0v) is 12.2. The Hall–Kier alpha value is -2.50. The van der Waals surface area contributed by atoms with Crippen LogP contribution >= 0.6 is 0 Å². The summed E-state index contributed by atoms with van der Waals surface area (Å²) >= 11 is 0. The van der Waals surface area contributed by atoms with Gasteiger partial charge in [-0.25, -0.2) is 0 Å². The first kappa shape index (κ1) is 13.5. The van der Waals surface area contributed by atoms with Crippen molar-refractivity contribution in [2.24, 2.45) is 0 Å². The van der Waals surface area contributed by atoms with Gasteiger partial charge in [0.15, 0.2) is 11.5 Å². The Morgan fingerprint density at radius 1 is 1.24 bits per heavy atom. The highest BCUT2D eigenvalue weighted by Crippen LogP contribution is 2.44. The number of Topliss-reactive ketones (excluding diaryl/α,β-unsaturated/α-hetero) is 1. The number of hydrogen-bond acceptors (Lipinski definition) is 5. The van der Waals surface area contributed by atoms with Crippen molar-refractivity contribution in [3.05, 3.63) is 28.0 Å². The summed E-state index contributed by atoms with van der Waals surface area (Å²) in [4.78, 5) is 30.1. The van der Waals surface area contributed by atoms with Crippen LogP contribution in [0.15, 0.2) is 16.9 Å². The number of benzene rings is 1. The molecular formula is C15H17N3O3. The molecule has 1 aromatic carbocycles. The van der Waals surface area contributed by atoms with Gasteiger partial charge in [-0.05, 0) is 13.0 Å². The van der Waals surface area contributed by atoms with E-state index in [1.807, 2.05) is 30.0 Å². The highest BCUT2D eigenvalue weighted by Gasteiger charge is 2.25. The van der Waals surface area contributed by atoms with E-state index in [0.717, 1.165) is 18.8 Å². The van der Waals surface area contributed by atoms with Crippen molar-refractivity contribution in [2.45, 2.75) is 6.92 Å². The predicted molar refractivity (Wildman–Crippen MR) is 82.8 cm³/mol. The van der Waals surface area contributed by atoms with Crippen molar-refractivity contribution in [2.75, 3.05) is 37.0 Å². The highest BCUT2D eigenvalue weighted by molar-refractivity contribution is 6.10. The van der Waals surface area contributed by atoms with Crippen LogP contribution in [-0.4, -0.2) is 43.1 Å². The molecule has 0 atom stereocenters. The van der Waals surface area contributed by atoms with Crippen LogP contribution in [0.3, 0.4) is 0 Å². The number of phenolic OH excluding ortho intramolecular Hbond substituents is 1. The first-order valence-electron chi connectivity index (χ1n) is 6.76. The van der Waals surface area contributed by atoms with Crippen LogP contribution in [0.1, 0.15) is 17.3 Å². The Morgan fingerprint density at radius 2 is 1.90 bits per heavy atom. The van der Waals surface area contributed by atoms with E-state index < -0.39 is 5.56 Å². The van der Waals surface area contributed by atoms with E-state index in [1.165, 1.54) is 13.0 Å². The molecule has 6 nitrogen and oxygen atoms in total. The van der Waals surface area contributed by atoms with E-state index in [1.54, 1.807) is 0 Å². The molecule has 0 fully saturated rings. The molecule has 0 saturated heterocycles. The minimum absolute atomic E-state index is 0.0109. The monoisotopic (exact) mass is 287 g/mol. The number of rotatable bonds is 1. The number of carbonyl (C=O) groups is 1. The molecule has 0 spiro atoms. The molecule has 2 N–H and O–H groups in total. The van der Waals surface area contributed by atoms with Gasteiger partial charge >= 0.3 is 0 Å². The fourth-order valence-electron chi connectivity index (χ4n) is 2.84. The molecule has 0 bridgehead atoms. The summed E-state index contributed by atoms with van der Waals surface area (Å²) in [6.45, 7) is 3.02. The van der Waals surface area contributed by atoms with Crippen molar-refractivity contribution in [1.82, 2.24) is 4.98 Å². The number of anilines is 2. The molecular weight excluding hydrogens is 270 g/mol. The third kappa shape index (κ3) is 1.94. The number of carbonyl (C=O) groups excluding carboxylic acids is 1. The average Bonchev–Trinajstić information content (AvgIpc) is 2.43. The van der Waals surface area contributed by atoms with Gasteiger partial charge in [-0.3, -0.25) is 9.59 Å². The molecule has 0 amide bonds. The van der Waals surface area contributed by atoms with Crippen LogP contribution in [0.4, 0.5) is 11.4 Å². The number of H-pyrrole nitrogens is 1. The van der Waals surface area contributed by atoms with Crippen LogP contribution in [0.2, 0.25) is 0 Å². The van der Waals surface area contributed by atoms with Crippen molar-refractivity contribution >= 4 is 28.1 Å². The van der Waals surface area contributed by atoms with Crippen LogP contribution in [0, 0.1) is 0 Å². The van der Waals surface area contributed by atoms with E-state index in [0.29, 0.717) is 22.2 Å². The number of aromatic amines is 1. The quantitative estimate of drug-likeness (QED) is 0.774.